The largest absolute Gasteiger partial charge is 0.366 e. The summed E-state index contributed by atoms with van der Waals surface area (Å²) in [4.78, 5) is 11.3. The van der Waals surface area contributed by atoms with Crippen molar-refractivity contribution >= 4 is 21.8 Å². The van der Waals surface area contributed by atoms with Crippen LogP contribution in [0.15, 0.2) is 53.0 Å². The van der Waals surface area contributed by atoms with Crippen LogP contribution in [0.3, 0.4) is 0 Å². The summed E-state index contributed by atoms with van der Waals surface area (Å²) < 4.78 is 0.948. The Morgan fingerprint density at radius 1 is 0.938 bits per heavy atom. The second kappa shape index (κ2) is 4.49. The second-order valence-corrected chi connectivity index (χ2v) is 4.24. The van der Waals surface area contributed by atoms with Gasteiger partial charge in [-0.25, -0.2) is 0 Å². The maximum atomic E-state index is 11.3. The SMILES string of the molecule is NC(=O)c1ccccc1-c1ccccc1Br. The molecule has 2 aromatic carbocycles. The van der Waals surface area contributed by atoms with Crippen molar-refractivity contribution in [2.24, 2.45) is 5.73 Å². The van der Waals surface area contributed by atoms with Crippen molar-refractivity contribution in [2.75, 3.05) is 0 Å². The summed E-state index contributed by atoms with van der Waals surface area (Å²) in [7, 11) is 0. The molecule has 0 aliphatic carbocycles. The number of rotatable bonds is 2. The van der Waals surface area contributed by atoms with Crippen LogP contribution in [0.5, 0.6) is 0 Å². The van der Waals surface area contributed by atoms with Crippen molar-refractivity contribution in [1.82, 2.24) is 0 Å². The number of benzene rings is 2. The number of hydrogen-bond donors (Lipinski definition) is 1. The lowest BCUT2D eigenvalue weighted by Gasteiger charge is -2.08. The van der Waals surface area contributed by atoms with Crippen molar-refractivity contribution in [3.8, 4) is 11.1 Å². The van der Waals surface area contributed by atoms with Crippen LogP contribution in [-0.2, 0) is 0 Å². The van der Waals surface area contributed by atoms with Gasteiger partial charge in [0.05, 0.1) is 0 Å². The molecule has 1 amide bonds. The summed E-state index contributed by atoms with van der Waals surface area (Å²) in [5, 5.41) is 0. The quantitative estimate of drug-likeness (QED) is 0.899. The minimum Gasteiger partial charge on any atom is -0.366 e. The van der Waals surface area contributed by atoms with E-state index in [1.165, 1.54) is 0 Å². The van der Waals surface area contributed by atoms with Crippen molar-refractivity contribution in [2.45, 2.75) is 0 Å². The molecule has 80 valence electrons. The lowest BCUT2D eigenvalue weighted by Crippen LogP contribution is -2.12. The van der Waals surface area contributed by atoms with Gasteiger partial charge in [0.2, 0.25) is 5.91 Å². The first-order valence-corrected chi connectivity index (χ1v) is 5.63. The summed E-state index contributed by atoms with van der Waals surface area (Å²) in [5.74, 6) is -0.411. The molecule has 3 heteroatoms. The molecule has 0 spiro atoms. The number of hydrogen-bond acceptors (Lipinski definition) is 1. The Labute approximate surface area is 102 Å². The van der Waals surface area contributed by atoms with E-state index in [1.54, 1.807) is 12.1 Å². The van der Waals surface area contributed by atoms with Gasteiger partial charge < -0.3 is 5.73 Å². The highest BCUT2D eigenvalue weighted by Gasteiger charge is 2.10. The van der Waals surface area contributed by atoms with Gasteiger partial charge in [0.15, 0.2) is 0 Å². The molecule has 0 saturated heterocycles. The maximum Gasteiger partial charge on any atom is 0.249 e. The molecule has 0 aliphatic rings. The molecule has 0 aliphatic heterocycles. The molecule has 0 unspecified atom stereocenters. The van der Waals surface area contributed by atoms with Gasteiger partial charge in [-0.05, 0) is 23.3 Å². The Kier molecular flexibility index (Phi) is 3.06. The fourth-order valence-corrected chi connectivity index (χ4v) is 2.11. The molecule has 0 heterocycles. The zero-order chi connectivity index (χ0) is 11.5. The highest BCUT2D eigenvalue weighted by Crippen LogP contribution is 2.30. The highest BCUT2D eigenvalue weighted by atomic mass is 79.9. The summed E-state index contributed by atoms with van der Waals surface area (Å²) in [6, 6.07) is 15.1. The molecule has 2 aromatic rings. The van der Waals surface area contributed by atoms with E-state index in [4.69, 9.17) is 5.73 Å². The number of nitrogens with two attached hydrogens (primary N) is 1. The van der Waals surface area contributed by atoms with Gasteiger partial charge >= 0.3 is 0 Å². The predicted octanol–water partition coefficient (Wildman–Crippen LogP) is 3.22. The average Bonchev–Trinajstić information content (AvgIpc) is 2.29. The topological polar surface area (TPSA) is 43.1 Å². The maximum absolute atomic E-state index is 11.3. The summed E-state index contributed by atoms with van der Waals surface area (Å²) in [6.07, 6.45) is 0. The van der Waals surface area contributed by atoms with Gasteiger partial charge in [-0.1, -0.05) is 52.3 Å². The third-order valence-corrected chi connectivity index (χ3v) is 3.05. The molecule has 0 aromatic heterocycles. The molecule has 2 N–H and O–H groups in total. The summed E-state index contributed by atoms with van der Waals surface area (Å²) >= 11 is 3.46. The lowest BCUT2D eigenvalue weighted by molar-refractivity contribution is 0.100. The van der Waals surface area contributed by atoms with E-state index < -0.39 is 5.91 Å². The molecule has 0 saturated carbocycles. The number of primary amides is 1. The van der Waals surface area contributed by atoms with Gasteiger partial charge in [-0.2, -0.15) is 0 Å². The number of amides is 1. The number of carbonyl (C=O) groups excluding carboxylic acids is 1. The summed E-state index contributed by atoms with van der Waals surface area (Å²) in [6.45, 7) is 0. The van der Waals surface area contributed by atoms with Crippen LogP contribution < -0.4 is 5.73 Å². The van der Waals surface area contributed by atoms with Crippen LogP contribution in [0, 0.1) is 0 Å². The van der Waals surface area contributed by atoms with Gasteiger partial charge in [0, 0.05) is 10.0 Å². The lowest BCUT2D eigenvalue weighted by atomic mass is 9.99. The van der Waals surface area contributed by atoms with Crippen molar-refractivity contribution in [1.29, 1.82) is 0 Å². The van der Waals surface area contributed by atoms with Crippen LogP contribution in [0.1, 0.15) is 10.4 Å². The monoisotopic (exact) mass is 275 g/mol. The fourth-order valence-electron chi connectivity index (χ4n) is 1.61. The third-order valence-electron chi connectivity index (χ3n) is 2.36. The van der Waals surface area contributed by atoms with E-state index in [1.807, 2.05) is 36.4 Å². The van der Waals surface area contributed by atoms with Crippen molar-refractivity contribution < 1.29 is 4.79 Å². The minimum absolute atomic E-state index is 0.411. The molecule has 0 fully saturated rings. The third kappa shape index (κ3) is 1.99. The average molecular weight is 276 g/mol. The van der Waals surface area contributed by atoms with Gasteiger partial charge in [0.1, 0.15) is 0 Å². The van der Waals surface area contributed by atoms with E-state index in [-0.39, 0.29) is 0 Å². The zero-order valence-corrected chi connectivity index (χ0v) is 10.1. The first-order chi connectivity index (χ1) is 7.70. The Hall–Kier alpha value is -1.61. The van der Waals surface area contributed by atoms with Crippen LogP contribution >= 0.6 is 15.9 Å². The molecule has 0 radical (unpaired) electrons. The molecule has 2 nitrogen and oxygen atoms in total. The smallest absolute Gasteiger partial charge is 0.249 e. The Morgan fingerprint density at radius 2 is 1.50 bits per heavy atom. The normalized spacial score (nSPS) is 10.1. The molecular formula is C13H10BrNO. The van der Waals surface area contributed by atoms with Gasteiger partial charge in [0.25, 0.3) is 0 Å². The van der Waals surface area contributed by atoms with Crippen molar-refractivity contribution in [3.05, 3.63) is 58.6 Å². The highest BCUT2D eigenvalue weighted by molar-refractivity contribution is 9.10. The van der Waals surface area contributed by atoms with E-state index in [2.05, 4.69) is 15.9 Å². The van der Waals surface area contributed by atoms with Crippen molar-refractivity contribution in [3.63, 3.8) is 0 Å². The Bertz CT molecular complexity index is 537. The first-order valence-electron chi connectivity index (χ1n) is 4.84. The van der Waals surface area contributed by atoms with E-state index in [9.17, 15) is 4.79 Å². The van der Waals surface area contributed by atoms with E-state index in [0.29, 0.717) is 5.56 Å². The van der Waals surface area contributed by atoms with E-state index >= 15 is 0 Å². The number of halogens is 1. The molecule has 2 rings (SSSR count). The van der Waals surface area contributed by atoms with Crippen LogP contribution in [-0.4, -0.2) is 5.91 Å². The fraction of sp³-hybridized carbons (Fsp3) is 0. The van der Waals surface area contributed by atoms with Crippen LogP contribution in [0.25, 0.3) is 11.1 Å². The van der Waals surface area contributed by atoms with Gasteiger partial charge in [-0.15, -0.1) is 0 Å². The number of carbonyl (C=O) groups is 1. The predicted molar refractivity (Wildman–Crippen MR) is 68.1 cm³/mol. The standard InChI is InChI=1S/C13H10BrNO/c14-12-8-4-3-6-10(12)9-5-1-2-7-11(9)13(15)16/h1-8H,(H2,15,16). The van der Waals surface area contributed by atoms with Crippen LogP contribution in [0.4, 0.5) is 0 Å². The second-order valence-electron chi connectivity index (χ2n) is 3.39. The Balaban J connectivity index is 2.65. The Morgan fingerprint density at radius 3 is 2.12 bits per heavy atom. The molecule has 0 bridgehead atoms. The molecule has 16 heavy (non-hydrogen) atoms. The first kappa shape index (κ1) is 10.9. The van der Waals surface area contributed by atoms with E-state index in [0.717, 1.165) is 15.6 Å². The molecule has 0 atom stereocenters. The molecular weight excluding hydrogens is 266 g/mol. The van der Waals surface area contributed by atoms with Gasteiger partial charge in [-0.3, -0.25) is 4.79 Å². The summed E-state index contributed by atoms with van der Waals surface area (Å²) in [5.41, 5.74) is 7.70. The zero-order valence-electron chi connectivity index (χ0n) is 8.48. The minimum atomic E-state index is -0.411. The van der Waals surface area contributed by atoms with Crippen LogP contribution in [0.2, 0.25) is 0 Å².